The number of anilines is 1. The lowest BCUT2D eigenvalue weighted by Crippen LogP contribution is -2.33. The van der Waals surface area contributed by atoms with E-state index in [1.807, 2.05) is 42.5 Å². The quantitative estimate of drug-likeness (QED) is 0.383. The third-order valence-electron chi connectivity index (χ3n) is 3.91. The third kappa shape index (κ3) is 4.27. The molecule has 0 unspecified atom stereocenters. The van der Waals surface area contributed by atoms with Crippen molar-refractivity contribution in [3.05, 3.63) is 76.3 Å². The van der Waals surface area contributed by atoms with E-state index in [0.29, 0.717) is 5.71 Å². The van der Waals surface area contributed by atoms with Gasteiger partial charge in [-0.1, -0.05) is 71.7 Å². The Morgan fingerprint density at radius 3 is 2.41 bits per heavy atom. The number of nitrogens with one attached hydrogen (secondary N) is 2. The van der Waals surface area contributed by atoms with E-state index in [0.717, 1.165) is 16.3 Å². The van der Waals surface area contributed by atoms with Gasteiger partial charge in [-0.05, 0) is 29.8 Å². The molecule has 0 atom stereocenters. The number of carbonyl (C=O) groups excluding carboxylic acids is 2. The van der Waals surface area contributed by atoms with E-state index in [9.17, 15) is 9.59 Å². The molecule has 136 valence electrons. The number of amides is 2. The van der Waals surface area contributed by atoms with Crippen molar-refractivity contribution in [3.63, 3.8) is 0 Å². The maximum absolute atomic E-state index is 12.0. The third-order valence-corrected chi connectivity index (χ3v) is 4.73. The fourth-order valence-electron chi connectivity index (χ4n) is 2.57. The van der Waals surface area contributed by atoms with Crippen molar-refractivity contribution in [1.82, 2.24) is 5.43 Å². The lowest BCUT2D eigenvalue weighted by atomic mass is 10.0. The van der Waals surface area contributed by atoms with E-state index in [1.165, 1.54) is 0 Å². The van der Waals surface area contributed by atoms with Crippen LogP contribution in [0.5, 0.6) is 0 Å². The Bertz CT molecular complexity index is 1060. The fraction of sp³-hybridized carbons (Fsp3) is 0.0500. The topological polar surface area (TPSA) is 70.6 Å². The van der Waals surface area contributed by atoms with Crippen LogP contribution in [0.25, 0.3) is 10.8 Å². The zero-order valence-corrected chi connectivity index (χ0v) is 15.8. The molecule has 2 amide bonds. The fourth-order valence-corrected chi connectivity index (χ4v) is 2.91. The molecule has 0 radical (unpaired) electrons. The van der Waals surface area contributed by atoms with Gasteiger partial charge >= 0.3 is 11.8 Å². The first-order valence-electron chi connectivity index (χ1n) is 8.05. The summed E-state index contributed by atoms with van der Waals surface area (Å²) in [5.41, 5.74) is 3.95. The Morgan fingerprint density at radius 1 is 0.889 bits per heavy atom. The van der Waals surface area contributed by atoms with Crippen LogP contribution in [0.3, 0.4) is 0 Å². The molecule has 7 heteroatoms. The summed E-state index contributed by atoms with van der Waals surface area (Å²) in [7, 11) is 0. The van der Waals surface area contributed by atoms with Crippen LogP contribution in [0.2, 0.25) is 10.0 Å². The second kappa shape index (κ2) is 8.20. The molecule has 27 heavy (non-hydrogen) atoms. The van der Waals surface area contributed by atoms with Crippen LogP contribution in [-0.4, -0.2) is 17.5 Å². The van der Waals surface area contributed by atoms with Gasteiger partial charge in [0.1, 0.15) is 0 Å². The SMILES string of the molecule is CC(=NNC(=O)C(=O)Nc1cccc(Cl)c1Cl)c1cccc2ccccc12. The van der Waals surface area contributed by atoms with Crippen molar-refractivity contribution in [2.75, 3.05) is 5.32 Å². The largest absolute Gasteiger partial charge is 0.329 e. The summed E-state index contributed by atoms with van der Waals surface area (Å²) in [4.78, 5) is 24.1. The molecule has 0 aliphatic heterocycles. The summed E-state index contributed by atoms with van der Waals surface area (Å²) < 4.78 is 0. The van der Waals surface area contributed by atoms with Crippen molar-refractivity contribution in [2.24, 2.45) is 5.10 Å². The minimum absolute atomic E-state index is 0.163. The molecular formula is C20H15Cl2N3O2. The number of hydrogen-bond donors (Lipinski definition) is 2. The van der Waals surface area contributed by atoms with Gasteiger partial charge in [0.25, 0.3) is 0 Å². The Morgan fingerprint density at radius 2 is 1.59 bits per heavy atom. The highest BCUT2D eigenvalue weighted by atomic mass is 35.5. The molecule has 2 N–H and O–H groups in total. The van der Waals surface area contributed by atoms with Crippen molar-refractivity contribution in [3.8, 4) is 0 Å². The minimum Gasteiger partial charge on any atom is -0.316 e. The molecule has 0 saturated heterocycles. The van der Waals surface area contributed by atoms with E-state index in [1.54, 1.807) is 25.1 Å². The number of fused-ring (bicyclic) bond motifs is 1. The first kappa shape index (κ1) is 18.9. The lowest BCUT2D eigenvalue weighted by molar-refractivity contribution is -0.136. The molecule has 0 bridgehead atoms. The van der Waals surface area contributed by atoms with Gasteiger partial charge in [-0.3, -0.25) is 9.59 Å². The molecule has 0 spiro atoms. The number of rotatable bonds is 3. The molecule has 5 nitrogen and oxygen atoms in total. The summed E-state index contributed by atoms with van der Waals surface area (Å²) in [6.45, 7) is 1.76. The standard InChI is InChI=1S/C20H15Cl2N3O2/c1-12(14-9-4-7-13-6-2-3-8-15(13)14)24-25-20(27)19(26)23-17-11-5-10-16(21)18(17)22/h2-11H,1H3,(H,23,26)(H,25,27). The second-order valence-corrected chi connectivity index (χ2v) is 6.51. The van der Waals surface area contributed by atoms with Gasteiger partial charge in [-0.15, -0.1) is 0 Å². The molecule has 0 saturated carbocycles. The van der Waals surface area contributed by atoms with Gasteiger partial charge < -0.3 is 5.32 Å². The Balaban J connectivity index is 1.73. The lowest BCUT2D eigenvalue weighted by Gasteiger charge is -2.08. The highest BCUT2D eigenvalue weighted by molar-refractivity contribution is 6.45. The maximum Gasteiger partial charge on any atom is 0.329 e. The summed E-state index contributed by atoms with van der Waals surface area (Å²) in [5.74, 6) is -1.81. The van der Waals surface area contributed by atoms with Crippen molar-refractivity contribution < 1.29 is 9.59 Å². The molecular weight excluding hydrogens is 385 g/mol. The van der Waals surface area contributed by atoms with Crippen LogP contribution in [0.15, 0.2) is 65.8 Å². The van der Waals surface area contributed by atoms with Crippen LogP contribution in [0.1, 0.15) is 12.5 Å². The van der Waals surface area contributed by atoms with Gasteiger partial charge in [-0.25, -0.2) is 5.43 Å². The number of carbonyl (C=O) groups is 2. The number of hydrazone groups is 1. The molecule has 0 aliphatic rings. The van der Waals surface area contributed by atoms with Crippen LogP contribution >= 0.6 is 23.2 Å². The van der Waals surface area contributed by atoms with Crippen molar-refractivity contribution >= 4 is 57.2 Å². The van der Waals surface area contributed by atoms with E-state index < -0.39 is 11.8 Å². The van der Waals surface area contributed by atoms with Crippen molar-refractivity contribution in [2.45, 2.75) is 6.92 Å². The highest BCUT2D eigenvalue weighted by Gasteiger charge is 2.16. The Hall–Kier alpha value is -2.89. The number of halogens is 2. The van der Waals surface area contributed by atoms with Crippen molar-refractivity contribution in [1.29, 1.82) is 0 Å². The summed E-state index contributed by atoms with van der Waals surface area (Å²) in [6.07, 6.45) is 0. The predicted molar refractivity (Wildman–Crippen MR) is 109 cm³/mol. The van der Waals surface area contributed by atoms with E-state index >= 15 is 0 Å². The van der Waals surface area contributed by atoms with E-state index in [4.69, 9.17) is 23.2 Å². The average molecular weight is 400 g/mol. The van der Waals surface area contributed by atoms with Crippen LogP contribution in [0, 0.1) is 0 Å². The van der Waals surface area contributed by atoms with Crippen LogP contribution < -0.4 is 10.7 Å². The molecule has 3 aromatic carbocycles. The van der Waals surface area contributed by atoms with E-state index in [-0.39, 0.29) is 15.7 Å². The summed E-state index contributed by atoms with van der Waals surface area (Å²) in [5, 5.41) is 8.96. The van der Waals surface area contributed by atoms with Gasteiger partial charge in [-0.2, -0.15) is 5.10 Å². The Labute approximate surface area is 166 Å². The zero-order valence-electron chi connectivity index (χ0n) is 14.3. The first-order chi connectivity index (χ1) is 13.0. The molecule has 0 heterocycles. The first-order valence-corrected chi connectivity index (χ1v) is 8.80. The average Bonchev–Trinajstić information content (AvgIpc) is 2.68. The molecule has 3 rings (SSSR count). The number of benzene rings is 3. The monoisotopic (exact) mass is 399 g/mol. The Kier molecular flexibility index (Phi) is 5.74. The minimum atomic E-state index is -0.911. The number of hydrogen-bond acceptors (Lipinski definition) is 3. The summed E-state index contributed by atoms with van der Waals surface area (Å²) >= 11 is 11.9. The van der Waals surface area contributed by atoms with Gasteiger partial charge in [0.2, 0.25) is 0 Å². The normalized spacial score (nSPS) is 11.3. The van der Waals surface area contributed by atoms with E-state index in [2.05, 4.69) is 15.8 Å². The van der Waals surface area contributed by atoms with Gasteiger partial charge in [0, 0.05) is 5.56 Å². The predicted octanol–water partition coefficient (Wildman–Crippen LogP) is 4.63. The maximum atomic E-state index is 12.0. The smallest absolute Gasteiger partial charge is 0.316 e. The summed E-state index contributed by atoms with van der Waals surface area (Å²) in [6, 6.07) is 18.4. The molecule has 0 aromatic heterocycles. The molecule has 0 fully saturated rings. The molecule has 3 aromatic rings. The van der Waals surface area contributed by atoms with Crippen LogP contribution in [-0.2, 0) is 9.59 Å². The van der Waals surface area contributed by atoms with Gasteiger partial charge in [0.15, 0.2) is 0 Å². The number of nitrogens with zero attached hydrogens (tertiary/aromatic N) is 1. The second-order valence-electron chi connectivity index (χ2n) is 5.72. The van der Waals surface area contributed by atoms with Crippen LogP contribution in [0.4, 0.5) is 5.69 Å². The molecule has 0 aliphatic carbocycles. The highest BCUT2D eigenvalue weighted by Crippen LogP contribution is 2.29. The van der Waals surface area contributed by atoms with Gasteiger partial charge in [0.05, 0.1) is 21.4 Å². The zero-order chi connectivity index (χ0) is 19.4.